The first-order valence-electron chi connectivity index (χ1n) is 10.2. The van der Waals surface area contributed by atoms with Gasteiger partial charge in [0.15, 0.2) is 0 Å². The van der Waals surface area contributed by atoms with Crippen LogP contribution in [0.1, 0.15) is 37.5 Å². The van der Waals surface area contributed by atoms with Crippen molar-refractivity contribution in [2.24, 2.45) is 5.92 Å². The molecule has 0 radical (unpaired) electrons. The average Bonchev–Trinajstić information content (AvgIpc) is 2.72. The number of carbonyl (C=O) groups excluding carboxylic acids is 2. The van der Waals surface area contributed by atoms with Gasteiger partial charge in [0.2, 0.25) is 11.8 Å². The standard InChI is InChI=1S/C24H31ClN2O2S/c1-17(2)13-26-24(29)19(4)27(14-20-10-6-5-9-18(20)3)23(28)16-30-15-21-11-7-8-12-22(21)25/h5-12,17,19H,13-16H2,1-4H3,(H,26,29)/t19-/m0/s1. The molecule has 2 aromatic carbocycles. The van der Waals surface area contributed by atoms with Crippen molar-refractivity contribution in [2.45, 2.75) is 46.0 Å². The highest BCUT2D eigenvalue weighted by Crippen LogP contribution is 2.22. The SMILES string of the molecule is Cc1ccccc1CN(C(=O)CSCc1ccccc1Cl)[C@@H](C)C(=O)NCC(C)C. The Morgan fingerprint density at radius 2 is 1.67 bits per heavy atom. The molecule has 2 aromatic rings. The summed E-state index contributed by atoms with van der Waals surface area (Å²) >= 11 is 7.73. The van der Waals surface area contributed by atoms with Gasteiger partial charge >= 0.3 is 0 Å². The number of hydrogen-bond acceptors (Lipinski definition) is 3. The van der Waals surface area contributed by atoms with Crippen LogP contribution in [0.3, 0.4) is 0 Å². The largest absolute Gasteiger partial charge is 0.354 e. The summed E-state index contributed by atoms with van der Waals surface area (Å²) in [5, 5.41) is 3.65. The highest BCUT2D eigenvalue weighted by molar-refractivity contribution is 7.99. The zero-order valence-corrected chi connectivity index (χ0v) is 19.7. The number of benzene rings is 2. The lowest BCUT2D eigenvalue weighted by Gasteiger charge is -2.29. The molecule has 4 nitrogen and oxygen atoms in total. The van der Waals surface area contributed by atoms with Crippen molar-refractivity contribution in [3.8, 4) is 0 Å². The zero-order chi connectivity index (χ0) is 22.1. The lowest BCUT2D eigenvalue weighted by molar-refractivity contribution is -0.138. The summed E-state index contributed by atoms with van der Waals surface area (Å²) in [4.78, 5) is 27.5. The van der Waals surface area contributed by atoms with E-state index in [9.17, 15) is 9.59 Å². The molecule has 0 saturated heterocycles. The lowest BCUT2D eigenvalue weighted by atomic mass is 10.1. The molecule has 0 bridgehead atoms. The van der Waals surface area contributed by atoms with Crippen molar-refractivity contribution < 1.29 is 9.59 Å². The Balaban J connectivity index is 2.08. The van der Waals surface area contributed by atoms with Gasteiger partial charge in [-0.1, -0.05) is 67.9 Å². The van der Waals surface area contributed by atoms with Gasteiger partial charge in [-0.2, -0.15) is 0 Å². The summed E-state index contributed by atoms with van der Waals surface area (Å²) in [7, 11) is 0. The molecule has 1 N–H and O–H groups in total. The van der Waals surface area contributed by atoms with Gasteiger partial charge < -0.3 is 10.2 Å². The van der Waals surface area contributed by atoms with Crippen LogP contribution in [0.2, 0.25) is 5.02 Å². The summed E-state index contributed by atoms with van der Waals surface area (Å²) in [6.45, 7) is 8.92. The second-order valence-electron chi connectivity index (χ2n) is 7.85. The van der Waals surface area contributed by atoms with E-state index in [0.717, 1.165) is 16.7 Å². The number of rotatable bonds is 10. The fraction of sp³-hybridized carbons (Fsp3) is 0.417. The Labute approximate surface area is 189 Å². The van der Waals surface area contributed by atoms with E-state index < -0.39 is 6.04 Å². The Morgan fingerprint density at radius 1 is 1.03 bits per heavy atom. The number of hydrogen-bond donors (Lipinski definition) is 1. The first kappa shape index (κ1) is 24.3. The van der Waals surface area contributed by atoms with Crippen LogP contribution in [0.5, 0.6) is 0 Å². The van der Waals surface area contributed by atoms with E-state index >= 15 is 0 Å². The fourth-order valence-electron chi connectivity index (χ4n) is 2.95. The minimum atomic E-state index is -0.545. The minimum Gasteiger partial charge on any atom is -0.354 e. The summed E-state index contributed by atoms with van der Waals surface area (Å²) in [5.41, 5.74) is 3.16. The van der Waals surface area contributed by atoms with Crippen LogP contribution in [0.15, 0.2) is 48.5 Å². The number of nitrogens with zero attached hydrogens (tertiary/aromatic N) is 1. The molecule has 6 heteroatoms. The molecule has 1 atom stereocenters. The van der Waals surface area contributed by atoms with Gasteiger partial charge in [-0.05, 0) is 42.5 Å². The Morgan fingerprint density at radius 3 is 2.30 bits per heavy atom. The summed E-state index contributed by atoms with van der Waals surface area (Å²) in [5.74, 6) is 1.12. The maximum Gasteiger partial charge on any atom is 0.242 e. The number of carbonyl (C=O) groups is 2. The molecule has 0 aliphatic rings. The summed E-state index contributed by atoms with van der Waals surface area (Å²) in [6, 6.07) is 15.1. The van der Waals surface area contributed by atoms with E-state index in [4.69, 9.17) is 11.6 Å². The highest BCUT2D eigenvalue weighted by atomic mass is 35.5. The van der Waals surface area contributed by atoms with E-state index in [1.54, 1.807) is 11.8 Å². The molecule has 0 fully saturated rings. The molecule has 0 aliphatic heterocycles. The predicted octanol–water partition coefficient (Wildman–Crippen LogP) is 5.07. The highest BCUT2D eigenvalue weighted by Gasteiger charge is 2.26. The third-order valence-electron chi connectivity index (χ3n) is 4.89. The smallest absolute Gasteiger partial charge is 0.242 e. The molecule has 30 heavy (non-hydrogen) atoms. The van der Waals surface area contributed by atoms with Crippen LogP contribution in [-0.2, 0) is 21.9 Å². The molecular formula is C24H31ClN2O2S. The maximum absolute atomic E-state index is 13.1. The van der Waals surface area contributed by atoms with Gasteiger partial charge in [0.25, 0.3) is 0 Å². The number of nitrogens with one attached hydrogen (secondary N) is 1. The van der Waals surface area contributed by atoms with Crippen molar-refractivity contribution in [3.05, 3.63) is 70.2 Å². The molecule has 162 valence electrons. The molecule has 0 aliphatic carbocycles. The molecule has 2 rings (SSSR count). The van der Waals surface area contributed by atoms with E-state index in [1.165, 1.54) is 11.8 Å². The van der Waals surface area contributed by atoms with Crippen molar-refractivity contribution in [1.82, 2.24) is 10.2 Å². The normalized spacial score (nSPS) is 11.9. The number of halogens is 1. The van der Waals surface area contributed by atoms with Crippen LogP contribution < -0.4 is 5.32 Å². The Bertz CT molecular complexity index is 857. The Kier molecular flexibility index (Phi) is 9.73. The molecule has 2 amide bonds. The molecule has 0 spiro atoms. The monoisotopic (exact) mass is 446 g/mol. The number of thioether (sulfide) groups is 1. The summed E-state index contributed by atoms with van der Waals surface area (Å²) < 4.78 is 0. The second kappa shape index (κ2) is 12.0. The van der Waals surface area contributed by atoms with Gasteiger partial charge in [-0.3, -0.25) is 9.59 Å². The molecular weight excluding hydrogens is 416 g/mol. The van der Waals surface area contributed by atoms with E-state index in [2.05, 4.69) is 5.32 Å². The van der Waals surface area contributed by atoms with Crippen molar-refractivity contribution in [1.29, 1.82) is 0 Å². The van der Waals surface area contributed by atoms with Gasteiger partial charge in [-0.25, -0.2) is 0 Å². The number of amides is 2. The van der Waals surface area contributed by atoms with Crippen LogP contribution in [0, 0.1) is 12.8 Å². The molecule has 0 heterocycles. The van der Waals surface area contributed by atoms with Crippen LogP contribution >= 0.6 is 23.4 Å². The average molecular weight is 447 g/mol. The van der Waals surface area contributed by atoms with E-state index in [-0.39, 0.29) is 11.8 Å². The lowest BCUT2D eigenvalue weighted by Crippen LogP contribution is -2.48. The zero-order valence-electron chi connectivity index (χ0n) is 18.2. The van der Waals surface area contributed by atoms with Crippen molar-refractivity contribution >= 4 is 35.2 Å². The molecule has 0 saturated carbocycles. The van der Waals surface area contributed by atoms with Gasteiger partial charge in [0.05, 0.1) is 5.75 Å². The van der Waals surface area contributed by atoms with Crippen LogP contribution in [0.25, 0.3) is 0 Å². The van der Waals surface area contributed by atoms with Gasteiger partial charge in [-0.15, -0.1) is 11.8 Å². The quantitative estimate of drug-likeness (QED) is 0.554. The second-order valence-corrected chi connectivity index (χ2v) is 9.24. The predicted molar refractivity (Wildman–Crippen MR) is 127 cm³/mol. The third-order valence-corrected chi connectivity index (χ3v) is 6.23. The fourth-order valence-corrected chi connectivity index (χ4v) is 4.15. The number of aryl methyl sites for hydroxylation is 1. The molecule has 0 aromatic heterocycles. The molecule has 0 unspecified atom stereocenters. The van der Waals surface area contributed by atoms with Gasteiger partial charge in [0, 0.05) is 23.9 Å². The Hall–Kier alpha value is -1.98. The van der Waals surface area contributed by atoms with E-state index in [1.807, 2.05) is 69.3 Å². The minimum absolute atomic E-state index is 0.0532. The summed E-state index contributed by atoms with van der Waals surface area (Å²) in [6.07, 6.45) is 0. The van der Waals surface area contributed by atoms with E-state index in [0.29, 0.717) is 35.5 Å². The third kappa shape index (κ3) is 7.37. The van der Waals surface area contributed by atoms with Gasteiger partial charge in [0.1, 0.15) is 6.04 Å². The van der Waals surface area contributed by atoms with Crippen LogP contribution in [0.4, 0.5) is 0 Å². The topological polar surface area (TPSA) is 49.4 Å². The van der Waals surface area contributed by atoms with Crippen molar-refractivity contribution in [3.63, 3.8) is 0 Å². The first-order chi connectivity index (χ1) is 14.3. The maximum atomic E-state index is 13.1. The van der Waals surface area contributed by atoms with Crippen LogP contribution in [-0.4, -0.2) is 35.1 Å². The first-order valence-corrected chi connectivity index (χ1v) is 11.8. The van der Waals surface area contributed by atoms with Crippen molar-refractivity contribution in [2.75, 3.05) is 12.3 Å².